The fraction of sp³-hybridized carbons (Fsp3) is 0.235. The Labute approximate surface area is 122 Å². The number of ketones is 1. The Morgan fingerprint density at radius 1 is 1.14 bits per heavy atom. The Hall–Kier alpha value is -2.23. The highest BCUT2D eigenvalue weighted by molar-refractivity contribution is 5.99. The molecule has 2 aromatic rings. The number of halogens is 2. The number of Topliss-reactive ketones (excluding diaryl/α,β-unsaturated/α-hetero) is 1. The minimum atomic E-state index is -0.850. The molecule has 0 aromatic heterocycles. The first-order chi connectivity index (χ1) is 10.0. The normalized spacial score (nSPS) is 12.0. The third-order valence-corrected chi connectivity index (χ3v) is 3.21. The van der Waals surface area contributed by atoms with Crippen LogP contribution in [0, 0.1) is 11.6 Å². The number of hydrogen-bond donors (Lipinski definition) is 0. The highest BCUT2D eigenvalue weighted by atomic mass is 19.1. The van der Waals surface area contributed by atoms with Crippen LogP contribution < -0.4 is 4.74 Å². The Morgan fingerprint density at radius 2 is 1.81 bits per heavy atom. The zero-order valence-electron chi connectivity index (χ0n) is 11.9. The molecule has 0 N–H and O–H groups in total. The van der Waals surface area contributed by atoms with Crippen molar-refractivity contribution in [1.29, 1.82) is 0 Å². The lowest BCUT2D eigenvalue weighted by atomic mass is 10.0. The van der Waals surface area contributed by atoms with E-state index >= 15 is 0 Å². The van der Waals surface area contributed by atoms with E-state index in [9.17, 15) is 13.6 Å². The maximum Gasteiger partial charge on any atom is 0.202 e. The lowest BCUT2D eigenvalue weighted by Crippen LogP contribution is -2.24. The van der Waals surface area contributed by atoms with E-state index in [0.717, 1.165) is 24.1 Å². The summed E-state index contributed by atoms with van der Waals surface area (Å²) in [6.45, 7) is 3.57. The first kappa shape index (κ1) is 15.2. The molecule has 0 bridgehead atoms. The van der Waals surface area contributed by atoms with Crippen LogP contribution in [0.4, 0.5) is 8.78 Å². The Morgan fingerprint density at radius 3 is 2.38 bits per heavy atom. The predicted octanol–water partition coefficient (Wildman–Crippen LogP) is 4.18. The summed E-state index contributed by atoms with van der Waals surface area (Å²) >= 11 is 0. The number of carbonyl (C=O) groups is 1. The van der Waals surface area contributed by atoms with Crippen molar-refractivity contribution in [1.82, 2.24) is 0 Å². The molecule has 0 aliphatic heterocycles. The number of hydrogen-bond acceptors (Lipinski definition) is 2. The molecule has 21 heavy (non-hydrogen) atoms. The van der Waals surface area contributed by atoms with Gasteiger partial charge in [-0.05, 0) is 31.0 Å². The molecule has 2 nitrogen and oxygen atoms in total. The second-order valence-corrected chi connectivity index (χ2v) is 4.75. The van der Waals surface area contributed by atoms with E-state index in [1.807, 2.05) is 19.1 Å². The summed E-state index contributed by atoms with van der Waals surface area (Å²) in [7, 11) is 0. The van der Waals surface area contributed by atoms with Gasteiger partial charge in [0.25, 0.3) is 0 Å². The van der Waals surface area contributed by atoms with Crippen molar-refractivity contribution in [2.45, 2.75) is 26.4 Å². The fourth-order valence-electron chi connectivity index (χ4n) is 1.95. The molecule has 0 fully saturated rings. The molecule has 0 saturated heterocycles. The number of benzene rings is 2. The van der Waals surface area contributed by atoms with Crippen molar-refractivity contribution in [2.24, 2.45) is 0 Å². The van der Waals surface area contributed by atoms with Gasteiger partial charge in [-0.1, -0.05) is 31.2 Å². The molecule has 2 aromatic carbocycles. The van der Waals surface area contributed by atoms with E-state index in [0.29, 0.717) is 5.56 Å². The summed E-state index contributed by atoms with van der Waals surface area (Å²) in [6.07, 6.45) is 0.0406. The van der Waals surface area contributed by atoms with Gasteiger partial charge in [0.05, 0.1) is 0 Å². The van der Waals surface area contributed by atoms with Crippen molar-refractivity contribution >= 4 is 5.78 Å². The summed E-state index contributed by atoms with van der Waals surface area (Å²) in [5.74, 6) is -1.89. The average molecular weight is 290 g/mol. The molecule has 0 aliphatic rings. The first-order valence-electron chi connectivity index (χ1n) is 6.76. The molecule has 0 spiro atoms. The zero-order valence-corrected chi connectivity index (χ0v) is 11.9. The molecular formula is C17H16F2O2. The van der Waals surface area contributed by atoms with Crippen LogP contribution in [0.5, 0.6) is 5.75 Å². The average Bonchev–Trinajstić information content (AvgIpc) is 2.49. The summed E-state index contributed by atoms with van der Waals surface area (Å²) in [5, 5.41) is 0. The smallest absolute Gasteiger partial charge is 0.202 e. The van der Waals surface area contributed by atoms with E-state index in [4.69, 9.17) is 4.74 Å². The minimum absolute atomic E-state index is 0.137. The van der Waals surface area contributed by atoms with Crippen molar-refractivity contribution in [3.05, 3.63) is 65.2 Å². The van der Waals surface area contributed by atoms with E-state index in [2.05, 4.69) is 0 Å². The number of ether oxygens (including phenoxy) is 1. The number of aryl methyl sites for hydroxylation is 1. The largest absolute Gasteiger partial charge is 0.479 e. The fourth-order valence-corrected chi connectivity index (χ4v) is 1.95. The molecule has 1 unspecified atom stereocenters. The second kappa shape index (κ2) is 6.48. The molecule has 0 amide bonds. The van der Waals surface area contributed by atoms with Gasteiger partial charge in [-0.15, -0.1) is 0 Å². The van der Waals surface area contributed by atoms with Gasteiger partial charge in [-0.25, -0.2) is 8.78 Å². The summed E-state index contributed by atoms with van der Waals surface area (Å²) in [5.41, 5.74) is 1.63. The van der Waals surface area contributed by atoms with Crippen molar-refractivity contribution in [2.75, 3.05) is 0 Å². The van der Waals surface area contributed by atoms with Gasteiger partial charge in [0.1, 0.15) is 5.82 Å². The van der Waals surface area contributed by atoms with Crippen LogP contribution in [0.15, 0.2) is 42.5 Å². The first-order valence-corrected chi connectivity index (χ1v) is 6.76. The predicted molar refractivity (Wildman–Crippen MR) is 76.6 cm³/mol. The van der Waals surface area contributed by atoms with Gasteiger partial charge in [0, 0.05) is 11.6 Å². The molecule has 110 valence electrons. The van der Waals surface area contributed by atoms with Crippen LogP contribution in [-0.4, -0.2) is 11.9 Å². The molecule has 0 saturated carbocycles. The van der Waals surface area contributed by atoms with Gasteiger partial charge in [-0.3, -0.25) is 4.79 Å². The van der Waals surface area contributed by atoms with Crippen molar-refractivity contribution in [3.63, 3.8) is 0 Å². The summed E-state index contributed by atoms with van der Waals surface area (Å²) in [6, 6.07) is 10.2. The molecule has 0 radical (unpaired) electrons. The molecule has 0 heterocycles. The van der Waals surface area contributed by atoms with E-state index in [1.165, 1.54) is 6.07 Å². The van der Waals surface area contributed by atoms with Crippen molar-refractivity contribution in [3.8, 4) is 5.75 Å². The third-order valence-electron chi connectivity index (χ3n) is 3.21. The van der Waals surface area contributed by atoms with Crippen LogP contribution >= 0.6 is 0 Å². The monoisotopic (exact) mass is 290 g/mol. The van der Waals surface area contributed by atoms with E-state index in [1.54, 1.807) is 19.1 Å². The molecule has 2 rings (SSSR count). The molecule has 0 aliphatic carbocycles. The Bertz CT molecular complexity index is 636. The van der Waals surface area contributed by atoms with Gasteiger partial charge in [0.2, 0.25) is 5.78 Å². The summed E-state index contributed by atoms with van der Waals surface area (Å²) in [4.78, 5) is 12.2. The van der Waals surface area contributed by atoms with Gasteiger partial charge < -0.3 is 4.74 Å². The zero-order chi connectivity index (χ0) is 15.4. The maximum absolute atomic E-state index is 13.5. The quantitative estimate of drug-likeness (QED) is 0.772. The van der Waals surface area contributed by atoms with Crippen molar-refractivity contribution < 1.29 is 18.3 Å². The topological polar surface area (TPSA) is 26.3 Å². The van der Waals surface area contributed by atoms with E-state index < -0.39 is 17.7 Å². The second-order valence-electron chi connectivity index (χ2n) is 4.75. The van der Waals surface area contributed by atoms with Crippen LogP contribution in [0.1, 0.15) is 29.8 Å². The van der Waals surface area contributed by atoms with Crippen LogP contribution in [0.3, 0.4) is 0 Å². The number of carbonyl (C=O) groups excluding carboxylic acids is 1. The SMILES string of the molecule is CCc1ccc(C(=O)C(C)Oc2ccc(F)cc2F)cc1. The van der Waals surface area contributed by atoms with Gasteiger partial charge in [-0.2, -0.15) is 0 Å². The van der Waals surface area contributed by atoms with Gasteiger partial charge >= 0.3 is 0 Å². The maximum atomic E-state index is 13.5. The third kappa shape index (κ3) is 3.66. The highest BCUT2D eigenvalue weighted by Gasteiger charge is 2.18. The minimum Gasteiger partial charge on any atom is -0.479 e. The lowest BCUT2D eigenvalue weighted by Gasteiger charge is -2.14. The molecule has 4 heteroatoms. The standard InChI is InChI=1S/C17H16F2O2/c1-3-12-4-6-13(7-5-12)17(20)11(2)21-16-9-8-14(18)10-15(16)19/h4-11H,3H2,1-2H3. The van der Waals surface area contributed by atoms with Crippen LogP contribution in [-0.2, 0) is 6.42 Å². The lowest BCUT2D eigenvalue weighted by molar-refractivity contribution is 0.0812. The number of rotatable bonds is 5. The Balaban J connectivity index is 2.11. The van der Waals surface area contributed by atoms with Gasteiger partial charge in [0.15, 0.2) is 17.7 Å². The van der Waals surface area contributed by atoms with Crippen LogP contribution in [0.25, 0.3) is 0 Å². The highest BCUT2D eigenvalue weighted by Crippen LogP contribution is 2.20. The molecule has 1 atom stereocenters. The van der Waals surface area contributed by atoms with E-state index in [-0.39, 0.29) is 11.5 Å². The Kier molecular flexibility index (Phi) is 4.68. The molecular weight excluding hydrogens is 274 g/mol. The van der Waals surface area contributed by atoms with Crippen LogP contribution in [0.2, 0.25) is 0 Å². The summed E-state index contributed by atoms with van der Waals surface area (Å²) < 4.78 is 31.6.